The van der Waals surface area contributed by atoms with Gasteiger partial charge in [0.1, 0.15) is 15.8 Å². The van der Waals surface area contributed by atoms with Crippen LogP contribution in [0.2, 0.25) is 5.15 Å². The van der Waals surface area contributed by atoms with Gasteiger partial charge in [-0.2, -0.15) is 0 Å². The molecule has 0 saturated heterocycles. The van der Waals surface area contributed by atoms with Crippen LogP contribution < -0.4 is 9.46 Å². The van der Waals surface area contributed by atoms with Crippen molar-refractivity contribution in [1.82, 2.24) is 14.7 Å². The largest absolute Gasteiger partial charge is 0.497 e. The van der Waals surface area contributed by atoms with Crippen molar-refractivity contribution in [2.45, 2.75) is 10.8 Å². The summed E-state index contributed by atoms with van der Waals surface area (Å²) in [6, 6.07) is 18.5. The number of nitrogens with zero attached hydrogens (tertiary/aromatic N) is 1. The number of ether oxygens (including phenoxy) is 1. The highest BCUT2D eigenvalue weighted by molar-refractivity contribution is 7.89. The number of methoxy groups -OCH3 is 1. The van der Waals surface area contributed by atoms with Crippen LogP contribution in [0.15, 0.2) is 78.0 Å². The second kappa shape index (κ2) is 8.47. The predicted molar refractivity (Wildman–Crippen MR) is 118 cm³/mol. The van der Waals surface area contributed by atoms with E-state index >= 15 is 0 Å². The van der Waals surface area contributed by atoms with Crippen LogP contribution in [0.25, 0.3) is 10.9 Å². The number of pyridine rings is 1. The molecular weight excluding hydrogens is 422 g/mol. The van der Waals surface area contributed by atoms with Crippen LogP contribution in [0.4, 0.5) is 0 Å². The summed E-state index contributed by atoms with van der Waals surface area (Å²) in [6.45, 7) is 0.180. The SMILES string of the molecule is COc1ccc(C(CNS(=O)(=O)c2ccc(Cl)nc2)c2c[nH]c3ccccc23)cc1. The van der Waals surface area contributed by atoms with E-state index in [1.807, 2.05) is 54.7 Å². The van der Waals surface area contributed by atoms with Crippen LogP contribution in [0.3, 0.4) is 0 Å². The fourth-order valence-corrected chi connectivity index (χ4v) is 4.53. The Balaban J connectivity index is 1.69. The Kier molecular flexibility index (Phi) is 5.76. The zero-order chi connectivity index (χ0) is 21.1. The fraction of sp³-hybridized carbons (Fsp3) is 0.136. The lowest BCUT2D eigenvalue weighted by Gasteiger charge is -2.19. The third kappa shape index (κ3) is 4.18. The zero-order valence-electron chi connectivity index (χ0n) is 16.2. The number of halogens is 1. The first-order chi connectivity index (χ1) is 14.5. The summed E-state index contributed by atoms with van der Waals surface area (Å²) in [6.07, 6.45) is 3.18. The fourth-order valence-electron chi connectivity index (χ4n) is 3.42. The highest BCUT2D eigenvalue weighted by atomic mass is 35.5. The Hall–Kier alpha value is -2.87. The van der Waals surface area contributed by atoms with E-state index in [-0.39, 0.29) is 22.5 Å². The molecule has 0 fully saturated rings. The molecule has 2 N–H and O–H groups in total. The lowest BCUT2D eigenvalue weighted by Crippen LogP contribution is -2.29. The second-order valence-corrected chi connectivity index (χ2v) is 8.94. The molecule has 2 aromatic heterocycles. The number of sulfonamides is 1. The average molecular weight is 442 g/mol. The first-order valence-corrected chi connectivity index (χ1v) is 11.2. The van der Waals surface area contributed by atoms with Gasteiger partial charge in [-0.1, -0.05) is 41.9 Å². The highest BCUT2D eigenvalue weighted by Crippen LogP contribution is 2.31. The van der Waals surface area contributed by atoms with Crippen LogP contribution in [0.1, 0.15) is 17.0 Å². The van der Waals surface area contributed by atoms with E-state index in [0.29, 0.717) is 0 Å². The molecule has 1 unspecified atom stereocenters. The average Bonchev–Trinajstić information content (AvgIpc) is 3.19. The first-order valence-electron chi connectivity index (χ1n) is 9.29. The van der Waals surface area contributed by atoms with Crippen molar-refractivity contribution in [2.24, 2.45) is 0 Å². The molecule has 0 radical (unpaired) electrons. The molecule has 0 amide bonds. The summed E-state index contributed by atoms with van der Waals surface area (Å²) in [5.74, 6) is 0.534. The molecular formula is C22H20ClN3O3S. The van der Waals surface area contributed by atoms with Crippen LogP contribution in [-0.2, 0) is 10.0 Å². The number of fused-ring (bicyclic) bond motifs is 1. The Labute approximate surface area is 179 Å². The number of hydrogen-bond acceptors (Lipinski definition) is 4. The van der Waals surface area contributed by atoms with Crippen molar-refractivity contribution >= 4 is 32.5 Å². The van der Waals surface area contributed by atoms with Gasteiger partial charge < -0.3 is 9.72 Å². The molecule has 0 bridgehead atoms. The smallest absolute Gasteiger partial charge is 0.242 e. The van der Waals surface area contributed by atoms with Crippen molar-refractivity contribution in [3.8, 4) is 5.75 Å². The molecule has 0 aliphatic carbocycles. The van der Waals surface area contributed by atoms with Crippen molar-refractivity contribution in [3.63, 3.8) is 0 Å². The topological polar surface area (TPSA) is 84.1 Å². The van der Waals surface area contributed by atoms with Gasteiger partial charge in [-0.25, -0.2) is 18.1 Å². The minimum atomic E-state index is -3.74. The molecule has 30 heavy (non-hydrogen) atoms. The minimum Gasteiger partial charge on any atom is -0.497 e. The Morgan fingerprint density at radius 1 is 1.10 bits per heavy atom. The number of para-hydroxylation sites is 1. The van der Waals surface area contributed by atoms with Gasteiger partial charge >= 0.3 is 0 Å². The monoisotopic (exact) mass is 441 g/mol. The number of benzene rings is 2. The number of H-pyrrole nitrogens is 1. The Bertz CT molecular complexity index is 1250. The van der Waals surface area contributed by atoms with Gasteiger partial charge in [-0.3, -0.25) is 0 Å². The Morgan fingerprint density at radius 2 is 1.87 bits per heavy atom. The third-order valence-electron chi connectivity index (χ3n) is 5.00. The maximum atomic E-state index is 12.8. The third-order valence-corrected chi connectivity index (χ3v) is 6.64. The van der Waals surface area contributed by atoms with Gasteiger partial charge in [0.2, 0.25) is 10.0 Å². The van der Waals surface area contributed by atoms with E-state index in [9.17, 15) is 8.42 Å². The molecule has 8 heteroatoms. The first kappa shape index (κ1) is 20.4. The van der Waals surface area contributed by atoms with E-state index < -0.39 is 10.0 Å². The van der Waals surface area contributed by atoms with Crippen molar-refractivity contribution in [1.29, 1.82) is 0 Å². The van der Waals surface area contributed by atoms with E-state index in [0.717, 1.165) is 27.8 Å². The zero-order valence-corrected chi connectivity index (χ0v) is 17.7. The van der Waals surface area contributed by atoms with Crippen molar-refractivity contribution in [3.05, 3.63) is 89.3 Å². The molecule has 4 aromatic rings. The number of aromatic nitrogens is 2. The maximum absolute atomic E-state index is 12.8. The molecule has 2 heterocycles. The van der Waals surface area contributed by atoms with Crippen LogP contribution in [0, 0.1) is 0 Å². The molecule has 0 aliphatic rings. The standard InChI is InChI=1S/C22H20ClN3O3S/c1-29-16-8-6-15(7-9-16)19(20-13-24-21-5-3-2-4-18(20)21)14-26-30(27,28)17-10-11-22(23)25-12-17/h2-13,19,24,26H,14H2,1H3. The number of rotatable bonds is 7. The summed E-state index contributed by atoms with van der Waals surface area (Å²) in [7, 11) is -2.13. The van der Waals surface area contributed by atoms with Gasteiger partial charge in [0.05, 0.1) is 7.11 Å². The quantitative estimate of drug-likeness (QED) is 0.418. The van der Waals surface area contributed by atoms with E-state index in [2.05, 4.69) is 14.7 Å². The van der Waals surface area contributed by atoms with Crippen molar-refractivity contribution < 1.29 is 13.2 Å². The normalized spacial score (nSPS) is 12.7. The van der Waals surface area contributed by atoms with Crippen LogP contribution in [-0.4, -0.2) is 32.0 Å². The van der Waals surface area contributed by atoms with Gasteiger partial charge in [0.25, 0.3) is 0 Å². The molecule has 0 spiro atoms. The molecule has 1 atom stereocenters. The molecule has 2 aromatic carbocycles. The highest BCUT2D eigenvalue weighted by Gasteiger charge is 2.22. The lowest BCUT2D eigenvalue weighted by atomic mass is 9.91. The van der Waals surface area contributed by atoms with Crippen molar-refractivity contribution in [2.75, 3.05) is 13.7 Å². The summed E-state index contributed by atoms with van der Waals surface area (Å²) >= 11 is 5.78. The van der Waals surface area contributed by atoms with Crippen LogP contribution in [0.5, 0.6) is 5.75 Å². The summed E-state index contributed by atoms with van der Waals surface area (Å²) in [5, 5.41) is 1.29. The number of hydrogen-bond donors (Lipinski definition) is 2. The number of nitrogens with one attached hydrogen (secondary N) is 2. The van der Waals surface area contributed by atoms with E-state index in [4.69, 9.17) is 16.3 Å². The second-order valence-electron chi connectivity index (χ2n) is 6.78. The molecule has 6 nitrogen and oxygen atoms in total. The van der Waals surface area contributed by atoms with Gasteiger partial charge in [0.15, 0.2) is 0 Å². The molecule has 0 aliphatic heterocycles. The van der Waals surface area contributed by atoms with Gasteiger partial charge in [-0.15, -0.1) is 0 Å². The van der Waals surface area contributed by atoms with Gasteiger partial charge in [0, 0.05) is 35.8 Å². The Morgan fingerprint density at radius 3 is 2.57 bits per heavy atom. The summed E-state index contributed by atoms with van der Waals surface area (Å²) < 4.78 is 33.6. The number of aromatic amines is 1. The molecule has 4 rings (SSSR count). The van der Waals surface area contributed by atoms with Gasteiger partial charge in [-0.05, 0) is 41.5 Å². The van der Waals surface area contributed by atoms with Crippen LogP contribution >= 0.6 is 11.6 Å². The predicted octanol–water partition coefficient (Wildman–Crippen LogP) is 4.34. The lowest BCUT2D eigenvalue weighted by molar-refractivity contribution is 0.414. The van der Waals surface area contributed by atoms with E-state index in [1.165, 1.54) is 18.3 Å². The van der Waals surface area contributed by atoms with E-state index in [1.54, 1.807) is 7.11 Å². The minimum absolute atomic E-state index is 0.0688. The summed E-state index contributed by atoms with van der Waals surface area (Å²) in [4.78, 5) is 7.21. The maximum Gasteiger partial charge on any atom is 0.242 e. The summed E-state index contributed by atoms with van der Waals surface area (Å²) in [5.41, 5.74) is 2.97. The molecule has 0 saturated carbocycles. The molecule has 154 valence electrons.